The Kier molecular flexibility index (Phi) is 2.98. The SMILES string of the molecule is CC(C)(C)C1c2ccccc2-c2ncsc2-c2ccccc21. The monoisotopic (exact) mass is 305 g/mol. The highest BCUT2D eigenvalue weighted by Gasteiger charge is 2.35. The largest absolute Gasteiger partial charge is 0.244 e. The summed E-state index contributed by atoms with van der Waals surface area (Å²) >= 11 is 1.75. The minimum Gasteiger partial charge on any atom is -0.244 e. The molecule has 1 unspecified atom stereocenters. The van der Waals surface area contributed by atoms with E-state index in [0.717, 1.165) is 5.69 Å². The van der Waals surface area contributed by atoms with E-state index in [9.17, 15) is 0 Å². The predicted octanol–water partition coefficient (Wildman–Crippen LogP) is 5.97. The third-order valence-corrected chi connectivity index (χ3v) is 5.34. The zero-order valence-corrected chi connectivity index (χ0v) is 13.9. The number of rotatable bonds is 0. The van der Waals surface area contributed by atoms with Gasteiger partial charge in [0.2, 0.25) is 0 Å². The molecule has 1 heterocycles. The second-order valence-corrected chi connectivity index (χ2v) is 7.86. The minimum atomic E-state index is 0.153. The Balaban J connectivity index is 2.15. The Bertz CT molecular complexity index is 777. The molecular weight excluding hydrogens is 286 g/mol. The molecule has 0 amide bonds. The Labute approximate surface area is 135 Å². The molecule has 1 aromatic heterocycles. The van der Waals surface area contributed by atoms with Gasteiger partial charge in [-0.15, -0.1) is 11.3 Å². The third-order valence-electron chi connectivity index (χ3n) is 4.48. The second-order valence-electron chi connectivity index (χ2n) is 7.00. The van der Waals surface area contributed by atoms with Crippen molar-refractivity contribution in [3.05, 3.63) is 65.2 Å². The van der Waals surface area contributed by atoms with Gasteiger partial charge < -0.3 is 0 Å². The summed E-state index contributed by atoms with van der Waals surface area (Å²) in [5.74, 6) is 0.376. The van der Waals surface area contributed by atoms with E-state index in [2.05, 4.69) is 69.3 Å². The van der Waals surface area contributed by atoms with E-state index < -0.39 is 0 Å². The number of hydrogen-bond acceptors (Lipinski definition) is 2. The zero-order valence-electron chi connectivity index (χ0n) is 13.1. The molecule has 1 atom stereocenters. The van der Waals surface area contributed by atoms with Gasteiger partial charge >= 0.3 is 0 Å². The molecule has 1 nitrogen and oxygen atoms in total. The molecule has 0 radical (unpaired) electrons. The molecule has 0 N–H and O–H groups in total. The first-order chi connectivity index (χ1) is 10.6. The summed E-state index contributed by atoms with van der Waals surface area (Å²) in [4.78, 5) is 5.99. The topological polar surface area (TPSA) is 12.9 Å². The second kappa shape index (κ2) is 4.79. The Morgan fingerprint density at radius 2 is 1.45 bits per heavy atom. The lowest BCUT2D eigenvalue weighted by Crippen LogP contribution is -2.20. The summed E-state index contributed by atoms with van der Waals surface area (Å²) in [7, 11) is 0. The van der Waals surface area contributed by atoms with Crippen LogP contribution in [0.1, 0.15) is 37.8 Å². The highest BCUT2D eigenvalue weighted by molar-refractivity contribution is 7.13. The molecule has 0 fully saturated rings. The van der Waals surface area contributed by atoms with Crippen LogP contribution in [-0.4, -0.2) is 4.98 Å². The highest BCUT2D eigenvalue weighted by Crippen LogP contribution is 2.52. The summed E-state index contributed by atoms with van der Waals surface area (Å²) in [5.41, 5.74) is 8.71. The van der Waals surface area contributed by atoms with Crippen LogP contribution in [0.2, 0.25) is 0 Å². The summed E-state index contributed by atoms with van der Waals surface area (Å²) < 4.78 is 0. The number of thiazole rings is 1. The molecule has 22 heavy (non-hydrogen) atoms. The van der Waals surface area contributed by atoms with Gasteiger partial charge in [0.15, 0.2) is 0 Å². The van der Waals surface area contributed by atoms with E-state index in [1.165, 1.54) is 27.1 Å². The Morgan fingerprint density at radius 1 is 0.864 bits per heavy atom. The van der Waals surface area contributed by atoms with Gasteiger partial charge in [-0.3, -0.25) is 0 Å². The van der Waals surface area contributed by atoms with E-state index in [-0.39, 0.29) is 5.41 Å². The number of nitrogens with zero attached hydrogens (tertiary/aromatic N) is 1. The van der Waals surface area contributed by atoms with Crippen molar-refractivity contribution < 1.29 is 0 Å². The molecule has 2 aromatic carbocycles. The van der Waals surface area contributed by atoms with Crippen LogP contribution in [0.3, 0.4) is 0 Å². The fourth-order valence-corrected chi connectivity index (χ4v) is 4.50. The van der Waals surface area contributed by atoms with Crippen LogP contribution in [0.4, 0.5) is 0 Å². The predicted molar refractivity (Wildman–Crippen MR) is 94.3 cm³/mol. The Hall–Kier alpha value is -1.93. The normalized spacial score (nSPS) is 16.4. The number of aromatic nitrogens is 1. The highest BCUT2D eigenvalue weighted by atomic mass is 32.1. The zero-order chi connectivity index (χ0) is 15.3. The van der Waals surface area contributed by atoms with Gasteiger partial charge in [-0.05, 0) is 22.1 Å². The fraction of sp³-hybridized carbons (Fsp3) is 0.250. The van der Waals surface area contributed by atoms with Crippen molar-refractivity contribution in [3.63, 3.8) is 0 Å². The van der Waals surface area contributed by atoms with Gasteiger partial charge in [-0.25, -0.2) is 4.98 Å². The maximum absolute atomic E-state index is 4.69. The van der Waals surface area contributed by atoms with Crippen molar-refractivity contribution in [3.8, 4) is 21.7 Å². The summed E-state index contributed by atoms with van der Waals surface area (Å²) in [6.45, 7) is 6.99. The van der Waals surface area contributed by atoms with Crippen molar-refractivity contribution in [2.75, 3.05) is 0 Å². The molecule has 0 saturated heterocycles. The maximum Gasteiger partial charge on any atom is 0.0893 e. The van der Waals surface area contributed by atoms with Crippen LogP contribution < -0.4 is 0 Å². The average Bonchev–Trinajstić information content (AvgIpc) is 2.92. The molecule has 2 heteroatoms. The quantitative estimate of drug-likeness (QED) is 0.498. The van der Waals surface area contributed by atoms with Crippen LogP contribution in [-0.2, 0) is 0 Å². The van der Waals surface area contributed by atoms with Crippen molar-refractivity contribution in [2.24, 2.45) is 5.41 Å². The van der Waals surface area contributed by atoms with E-state index in [0.29, 0.717) is 5.92 Å². The molecule has 4 rings (SSSR count). The average molecular weight is 305 g/mol. The molecule has 0 aliphatic heterocycles. The van der Waals surface area contributed by atoms with Crippen molar-refractivity contribution >= 4 is 11.3 Å². The first kappa shape index (κ1) is 13.7. The van der Waals surface area contributed by atoms with Gasteiger partial charge in [0.25, 0.3) is 0 Å². The first-order valence-corrected chi connectivity index (χ1v) is 8.57. The lowest BCUT2D eigenvalue weighted by molar-refractivity contribution is 0.360. The lowest BCUT2D eigenvalue weighted by atomic mass is 9.71. The molecule has 0 spiro atoms. The number of benzene rings is 2. The number of hydrogen-bond donors (Lipinski definition) is 0. The van der Waals surface area contributed by atoms with Crippen LogP contribution in [0.15, 0.2) is 54.0 Å². The lowest BCUT2D eigenvalue weighted by Gasteiger charge is -2.33. The van der Waals surface area contributed by atoms with Gasteiger partial charge in [0.05, 0.1) is 16.1 Å². The van der Waals surface area contributed by atoms with Crippen molar-refractivity contribution in [2.45, 2.75) is 26.7 Å². The smallest absolute Gasteiger partial charge is 0.0893 e. The summed E-state index contributed by atoms with van der Waals surface area (Å²) in [5, 5.41) is 0. The molecule has 1 aliphatic carbocycles. The molecule has 0 saturated carbocycles. The van der Waals surface area contributed by atoms with E-state index >= 15 is 0 Å². The molecular formula is C20H19NS. The summed E-state index contributed by atoms with van der Waals surface area (Å²) in [6, 6.07) is 17.6. The molecule has 110 valence electrons. The van der Waals surface area contributed by atoms with Gasteiger partial charge in [0, 0.05) is 11.5 Å². The van der Waals surface area contributed by atoms with E-state index in [1.807, 2.05) is 5.51 Å². The fourth-order valence-electron chi connectivity index (χ4n) is 3.65. The first-order valence-electron chi connectivity index (χ1n) is 7.69. The van der Waals surface area contributed by atoms with Crippen molar-refractivity contribution in [1.29, 1.82) is 0 Å². The van der Waals surface area contributed by atoms with Crippen LogP contribution in [0.25, 0.3) is 21.7 Å². The van der Waals surface area contributed by atoms with Crippen LogP contribution in [0, 0.1) is 5.41 Å². The number of fused-ring (bicyclic) bond motifs is 5. The van der Waals surface area contributed by atoms with Crippen molar-refractivity contribution in [1.82, 2.24) is 4.98 Å². The van der Waals surface area contributed by atoms with Gasteiger partial charge in [0.1, 0.15) is 0 Å². The molecule has 0 bridgehead atoms. The van der Waals surface area contributed by atoms with Crippen LogP contribution >= 0.6 is 11.3 Å². The standard InChI is InChI=1S/C20H19NS/c1-20(2,3)17-13-8-4-6-10-15(13)18-19(22-12-21-18)16-11-7-5-9-14(16)17/h4-12,17H,1-3H3. The van der Waals surface area contributed by atoms with E-state index in [1.54, 1.807) is 11.3 Å². The van der Waals surface area contributed by atoms with E-state index in [4.69, 9.17) is 4.98 Å². The van der Waals surface area contributed by atoms with Gasteiger partial charge in [-0.1, -0.05) is 69.3 Å². The van der Waals surface area contributed by atoms with Gasteiger partial charge in [-0.2, -0.15) is 0 Å². The minimum absolute atomic E-state index is 0.153. The Morgan fingerprint density at radius 3 is 2.14 bits per heavy atom. The maximum atomic E-state index is 4.69. The molecule has 3 aromatic rings. The summed E-state index contributed by atoms with van der Waals surface area (Å²) in [6.07, 6.45) is 0. The third kappa shape index (κ3) is 1.94. The molecule has 1 aliphatic rings. The van der Waals surface area contributed by atoms with Crippen LogP contribution in [0.5, 0.6) is 0 Å².